The number of hydrogen-bond acceptors (Lipinski definition) is 6. The summed E-state index contributed by atoms with van der Waals surface area (Å²) in [7, 11) is 1.23. The number of esters is 1. The van der Waals surface area contributed by atoms with Crippen molar-refractivity contribution in [2.75, 3.05) is 17.7 Å². The van der Waals surface area contributed by atoms with Gasteiger partial charge < -0.3 is 37.1 Å². The largest absolute Gasteiger partial charge is 0.469 e. The van der Waals surface area contributed by atoms with E-state index in [4.69, 9.17) is 11.5 Å². The van der Waals surface area contributed by atoms with E-state index in [1.54, 1.807) is 37.4 Å². The van der Waals surface area contributed by atoms with E-state index in [0.29, 0.717) is 33.8 Å². The van der Waals surface area contributed by atoms with Crippen LogP contribution in [-0.4, -0.2) is 42.0 Å². The molecule has 0 radical (unpaired) electrons. The van der Waals surface area contributed by atoms with Gasteiger partial charge in [-0.15, -0.1) is 0 Å². The monoisotopic (exact) mass is 440 g/mol. The number of anilines is 2. The van der Waals surface area contributed by atoms with Gasteiger partial charge in [0, 0.05) is 35.4 Å². The highest BCUT2D eigenvalue weighted by molar-refractivity contribution is 6.36. The van der Waals surface area contributed by atoms with Crippen molar-refractivity contribution in [3.8, 4) is 0 Å². The molecule has 11 heteroatoms. The van der Waals surface area contributed by atoms with Gasteiger partial charge in [-0.3, -0.25) is 14.4 Å². The minimum absolute atomic E-state index is 0.183. The van der Waals surface area contributed by atoms with E-state index in [-0.39, 0.29) is 18.9 Å². The van der Waals surface area contributed by atoms with E-state index >= 15 is 0 Å². The first-order chi connectivity index (χ1) is 15.2. The number of benzene rings is 1. The first-order valence-corrected chi connectivity index (χ1v) is 9.70. The van der Waals surface area contributed by atoms with Gasteiger partial charge in [0.15, 0.2) is 0 Å². The Kier molecular flexibility index (Phi) is 6.59. The Labute approximate surface area is 183 Å². The maximum atomic E-state index is 12.6. The second-order valence-corrected chi connectivity index (χ2v) is 7.23. The highest BCUT2D eigenvalue weighted by atomic mass is 16.5. The molecule has 1 atom stereocenters. The molecule has 0 saturated heterocycles. The number of primary amides is 1. The molecule has 4 amide bonds. The molecule has 0 aliphatic carbocycles. The summed E-state index contributed by atoms with van der Waals surface area (Å²) in [4.78, 5) is 50.1. The van der Waals surface area contributed by atoms with E-state index < -0.39 is 23.9 Å². The molecule has 2 heterocycles. The number of nitrogens with one attached hydrogen (secondary N) is 4. The third-order valence-electron chi connectivity index (χ3n) is 4.97. The van der Waals surface area contributed by atoms with Gasteiger partial charge in [-0.1, -0.05) is 0 Å². The van der Waals surface area contributed by atoms with Gasteiger partial charge in [0.2, 0.25) is 5.91 Å². The van der Waals surface area contributed by atoms with Crippen LogP contribution in [0.3, 0.4) is 0 Å². The lowest BCUT2D eigenvalue weighted by atomic mass is 9.99. The van der Waals surface area contributed by atoms with E-state index in [2.05, 4.69) is 25.7 Å². The average Bonchev–Trinajstić information content (AvgIpc) is 3.34. The van der Waals surface area contributed by atoms with Gasteiger partial charge in [0.25, 0.3) is 5.91 Å². The van der Waals surface area contributed by atoms with Crippen molar-refractivity contribution < 1.29 is 23.9 Å². The average molecular weight is 440 g/mol. The Morgan fingerprint density at radius 1 is 1.22 bits per heavy atom. The van der Waals surface area contributed by atoms with Crippen LogP contribution in [0.2, 0.25) is 0 Å². The van der Waals surface area contributed by atoms with Crippen LogP contribution in [0.15, 0.2) is 30.5 Å². The van der Waals surface area contributed by atoms with Crippen molar-refractivity contribution >= 4 is 46.3 Å². The fourth-order valence-corrected chi connectivity index (χ4v) is 3.33. The number of nitrogens with two attached hydrogens (primary N) is 2. The molecule has 0 fully saturated rings. The van der Waals surface area contributed by atoms with Gasteiger partial charge in [-0.2, -0.15) is 0 Å². The lowest BCUT2D eigenvalue weighted by Gasteiger charge is -2.10. The Balaban J connectivity index is 1.76. The molecule has 11 nitrogen and oxygen atoms in total. The van der Waals surface area contributed by atoms with Crippen LogP contribution in [-0.2, 0) is 25.7 Å². The van der Waals surface area contributed by atoms with E-state index in [1.807, 2.05) is 0 Å². The standard InChI is InChI=1S/C21H24N6O5/c1-10(18-13-6-12(26-21(23)31)3-4-15(13)27-20(18)30)16-5-11(8-24-16)9-25-19(29)14(22)7-17(28)32-2/h3-6,8,14,24H,7,9,22H2,1-2H3,(H,25,29)(H,27,30)(H3,23,26,31)/b18-10+. The van der Waals surface area contributed by atoms with Gasteiger partial charge in [-0.05, 0) is 42.3 Å². The molecule has 1 aliphatic rings. The van der Waals surface area contributed by atoms with Crippen LogP contribution in [0, 0.1) is 0 Å². The third-order valence-corrected chi connectivity index (χ3v) is 4.97. The van der Waals surface area contributed by atoms with Crippen LogP contribution >= 0.6 is 0 Å². The number of carbonyl (C=O) groups excluding carboxylic acids is 4. The molecule has 3 rings (SSSR count). The summed E-state index contributed by atoms with van der Waals surface area (Å²) in [6.07, 6.45) is 1.48. The number of urea groups is 1. The number of H-pyrrole nitrogens is 1. The molecular formula is C21H24N6O5. The number of allylic oxidation sites excluding steroid dienone is 1. The molecular weight excluding hydrogens is 416 g/mol. The van der Waals surface area contributed by atoms with Crippen LogP contribution in [0.4, 0.5) is 16.2 Å². The van der Waals surface area contributed by atoms with Gasteiger partial charge in [0.05, 0.1) is 25.1 Å². The normalized spacial score (nSPS) is 14.8. The minimum atomic E-state index is -1.01. The SMILES string of the molecule is COC(=O)CC(N)C(=O)NCc1c[nH]c(/C(C)=C2/C(=O)Nc3ccc(NC(N)=O)cc32)c1. The first-order valence-electron chi connectivity index (χ1n) is 9.70. The van der Waals surface area contributed by atoms with Crippen LogP contribution in [0.25, 0.3) is 11.1 Å². The minimum Gasteiger partial charge on any atom is -0.469 e. The number of carbonyl (C=O) groups is 4. The van der Waals surface area contributed by atoms with Crippen molar-refractivity contribution in [2.24, 2.45) is 11.5 Å². The zero-order valence-electron chi connectivity index (χ0n) is 17.6. The number of aromatic nitrogens is 1. The van der Waals surface area contributed by atoms with Crippen molar-refractivity contribution in [1.82, 2.24) is 10.3 Å². The summed E-state index contributed by atoms with van der Waals surface area (Å²) in [6.45, 7) is 1.97. The Morgan fingerprint density at radius 3 is 2.66 bits per heavy atom. The molecule has 1 aromatic carbocycles. The van der Waals surface area contributed by atoms with Crippen LogP contribution in [0.1, 0.15) is 30.2 Å². The van der Waals surface area contributed by atoms with Crippen LogP contribution in [0.5, 0.6) is 0 Å². The fraction of sp³-hybridized carbons (Fsp3) is 0.238. The first kappa shape index (κ1) is 22.6. The number of methoxy groups -OCH3 is 1. The lowest BCUT2D eigenvalue weighted by Crippen LogP contribution is -2.41. The molecule has 168 valence electrons. The molecule has 0 spiro atoms. The Bertz CT molecular complexity index is 1120. The summed E-state index contributed by atoms with van der Waals surface area (Å²) < 4.78 is 4.50. The quantitative estimate of drug-likeness (QED) is 0.275. The van der Waals surface area contributed by atoms with Gasteiger partial charge in [0.1, 0.15) is 0 Å². The molecule has 32 heavy (non-hydrogen) atoms. The number of rotatable bonds is 7. The zero-order chi connectivity index (χ0) is 23.4. The molecule has 1 aliphatic heterocycles. The van der Waals surface area contributed by atoms with E-state index in [1.165, 1.54) is 7.11 Å². The summed E-state index contributed by atoms with van der Waals surface area (Å²) >= 11 is 0. The van der Waals surface area contributed by atoms with E-state index in [9.17, 15) is 19.2 Å². The van der Waals surface area contributed by atoms with Crippen molar-refractivity contribution in [3.63, 3.8) is 0 Å². The number of amides is 4. The number of aromatic amines is 1. The third kappa shape index (κ3) is 4.95. The van der Waals surface area contributed by atoms with Crippen LogP contribution < -0.4 is 27.4 Å². The fourth-order valence-electron chi connectivity index (χ4n) is 3.33. The molecule has 2 aromatic rings. The molecule has 8 N–H and O–H groups in total. The Hall–Kier alpha value is -4.12. The lowest BCUT2D eigenvalue weighted by molar-refractivity contribution is -0.142. The topological polar surface area (TPSA) is 181 Å². The van der Waals surface area contributed by atoms with Crippen molar-refractivity contribution in [3.05, 3.63) is 47.3 Å². The highest BCUT2D eigenvalue weighted by Gasteiger charge is 2.27. The number of ether oxygens (including phenoxy) is 1. The summed E-state index contributed by atoms with van der Waals surface area (Å²) in [5, 5.41) is 7.95. The zero-order valence-corrected chi connectivity index (χ0v) is 17.6. The second kappa shape index (κ2) is 9.35. The predicted molar refractivity (Wildman–Crippen MR) is 118 cm³/mol. The number of hydrogen-bond donors (Lipinski definition) is 6. The van der Waals surface area contributed by atoms with Crippen molar-refractivity contribution in [1.29, 1.82) is 0 Å². The number of fused-ring (bicyclic) bond motifs is 1. The predicted octanol–water partition coefficient (Wildman–Crippen LogP) is 0.895. The highest BCUT2D eigenvalue weighted by Crippen LogP contribution is 2.38. The summed E-state index contributed by atoms with van der Waals surface area (Å²) in [5.74, 6) is -1.32. The molecule has 1 unspecified atom stereocenters. The molecule has 0 saturated carbocycles. The maximum Gasteiger partial charge on any atom is 0.316 e. The summed E-state index contributed by atoms with van der Waals surface area (Å²) in [5.41, 5.74) is 15.2. The van der Waals surface area contributed by atoms with Gasteiger partial charge in [-0.25, -0.2) is 4.79 Å². The van der Waals surface area contributed by atoms with Gasteiger partial charge >= 0.3 is 12.0 Å². The molecule has 1 aromatic heterocycles. The summed E-state index contributed by atoms with van der Waals surface area (Å²) in [6, 6.07) is 5.09. The second-order valence-electron chi connectivity index (χ2n) is 7.23. The Morgan fingerprint density at radius 2 is 1.97 bits per heavy atom. The molecule has 0 bridgehead atoms. The van der Waals surface area contributed by atoms with Crippen molar-refractivity contribution in [2.45, 2.75) is 25.9 Å². The smallest absolute Gasteiger partial charge is 0.316 e. The maximum absolute atomic E-state index is 12.6. The van der Waals surface area contributed by atoms with E-state index in [0.717, 1.165) is 5.56 Å².